The van der Waals surface area contributed by atoms with Crippen LogP contribution in [0.4, 0.5) is 0 Å². The molecule has 2 aromatic rings. The van der Waals surface area contributed by atoms with E-state index in [-0.39, 0.29) is 18.2 Å². The Morgan fingerprint density at radius 3 is 2.19 bits per heavy atom. The molecule has 1 N–H and O–H groups in total. The van der Waals surface area contributed by atoms with Crippen LogP contribution >= 0.6 is 46.6 Å². The van der Waals surface area contributed by atoms with Crippen molar-refractivity contribution in [3.63, 3.8) is 0 Å². The lowest BCUT2D eigenvalue weighted by molar-refractivity contribution is -0.155. The largest absolute Gasteiger partial charge is 0.461 e. The Hall–Kier alpha value is -2.23. The molecule has 7 nitrogen and oxygen atoms in total. The Labute approximate surface area is 227 Å². The number of nitrogens with one attached hydrogen (secondary N) is 1. The van der Waals surface area contributed by atoms with E-state index in [0.717, 1.165) is 11.1 Å². The number of β-lactam (4-membered cyclic amide) rings is 1. The second-order valence-electron chi connectivity index (χ2n) is 8.57. The van der Waals surface area contributed by atoms with Crippen molar-refractivity contribution in [2.24, 2.45) is 0 Å². The summed E-state index contributed by atoms with van der Waals surface area (Å²) in [7, 11) is 0. The van der Waals surface area contributed by atoms with Gasteiger partial charge in [-0.2, -0.15) is 0 Å². The van der Waals surface area contributed by atoms with Crippen molar-refractivity contribution in [2.45, 2.75) is 39.5 Å². The fourth-order valence-electron chi connectivity index (χ4n) is 4.62. The topological polar surface area (TPSA) is 84.9 Å². The van der Waals surface area contributed by atoms with Gasteiger partial charge >= 0.3 is 11.9 Å². The molecule has 5 rings (SSSR count). The second-order valence-corrected chi connectivity index (χ2v) is 11.5. The molecule has 2 bridgehead atoms. The molecule has 2 saturated heterocycles. The third-order valence-electron chi connectivity index (χ3n) is 6.31. The van der Waals surface area contributed by atoms with Crippen LogP contribution in [0.2, 0.25) is 0 Å². The summed E-state index contributed by atoms with van der Waals surface area (Å²) in [4.78, 5) is 37.4. The molecule has 0 aliphatic carbocycles. The number of rotatable bonds is 7. The van der Waals surface area contributed by atoms with Crippen LogP contribution in [0.5, 0.6) is 0 Å². The predicted octanol–water partition coefficient (Wildman–Crippen LogP) is 4.13. The normalized spacial score (nSPS) is 26.7. The number of benzene rings is 2. The number of esters is 2. The van der Waals surface area contributed by atoms with E-state index in [1.165, 1.54) is 23.6 Å². The van der Waals surface area contributed by atoms with Crippen molar-refractivity contribution in [2.75, 3.05) is 6.61 Å². The maximum atomic E-state index is 13.8. The average Bonchev–Trinajstić information content (AvgIpc) is 2.88. The van der Waals surface area contributed by atoms with Crippen molar-refractivity contribution in [3.05, 3.63) is 83.1 Å². The lowest BCUT2D eigenvalue weighted by Gasteiger charge is -2.60. The summed E-state index contributed by atoms with van der Waals surface area (Å²) in [6, 6.07) is 17.9. The zero-order valence-corrected chi connectivity index (χ0v) is 22.0. The van der Waals surface area contributed by atoms with Crippen LogP contribution < -0.4 is 5.32 Å². The van der Waals surface area contributed by atoms with Crippen LogP contribution in [0.3, 0.4) is 0 Å². The number of carbonyl (C=O) groups is 3. The summed E-state index contributed by atoms with van der Waals surface area (Å²) in [5, 5.41) is 1.97. The summed E-state index contributed by atoms with van der Waals surface area (Å²) in [5.74, 6) is -1.66. The van der Waals surface area contributed by atoms with E-state index < -0.39 is 44.5 Å². The first-order valence-electron chi connectivity index (χ1n) is 11.1. The Kier molecular flexibility index (Phi) is 7.00. The van der Waals surface area contributed by atoms with E-state index in [1.807, 2.05) is 60.7 Å². The van der Waals surface area contributed by atoms with E-state index in [4.69, 9.17) is 44.3 Å². The first-order chi connectivity index (χ1) is 17.2. The van der Waals surface area contributed by atoms with E-state index in [9.17, 15) is 14.4 Å². The van der Waals surface area contributed by atoms with Gasteiger partial charge in [0.25, 0.3) is 0 Å². The Bertz CT molecular complexity index is 1190. The molecule has 2 aromatic carbocycles. The molecule has 3 heterocycles. The molecule has 3 aliphatic heterocycles. The van der Waals surface area contributed by atoms with Crippen molar-refractivity contribution in [3.8, 4) is 0 Å². The number of hydrogen-bond donors (Lipinski definition) is 1. The molecule has 11 heteroatoms. The fourth-order valence-corrected chi connectivity index (χ4v) is 7.25. The van der Waals surface area contributed by atoms with Gasteiger partial charge < -0.3 is 9.47 Å². The quantitative estimate of drug-likeness (QED) is 0.233. The molecule has 0 radical (unpaired) electrons. The number of fused-ring (bicyclic) bond motifs is 1. The summed E-state index contributed by atoms with van der Waals surface area (Å²) < 4.78 is 11.3. The fraction of sp³-hybridized carbons (Fsp3) is 0.320. The molecule has 36 heavy (non-hydrogen) atoms. The predicted molar refractivity (Wildman–Crippen MR) is 137 cm³/mol. The summed E-state index contributed by atoms with van der Waals surface area (Å²) in [5.41, 5.74) is 1.82. The minimum Gasteiger partial charge on any atom is -0.461 e. The van der Waals surface area contributed by atoms with E-state index >= 15 is 0 Å². The van der Waals surface area contributed by atoms with Crippen LogP contribution in [0.1, 0.15) is 24.2 Å². The minimum absolute atomic E-state index is 0.00335. The van der Waals surface area contributed by atoms with Gasteiger partial charge in [0.15, 0.2) is 6.10 Å². The van der Waals surface area contributed by atoms with Gasteiger partial charge in [-0.1, -0.05) is 72.3 Å². The highest BCUT2D eigenvalue weighted by atomic mass is 35.5. The van der Waals surface area contributed by atoms with E-state index in [0.29, 0.717) is 5.57 Å². The smallest absolute Gasteiger partial charge is 0.356 e. The zero-order valence-electron chi connectivity index (χ0n) is 18.9. The van der Waals surface area contributed by atoms with Gasteiger partial charge in [0, 0.05) is 12.5 Å². The highest BCUT2D eigenvalue weighted by Crippen LogP contribution is 2.55. The highest BCUT2D eigenvalue weighted by Gasteiger charge is 2.66. The standard InChI is InChI=1S/C25H21Cl3N2O5S/c1-13(31)34-12-16-18(30-21(32)17-22(30)36-20(16)25(28,29-17)24(26)27)23(33)35-19(14-8-4-2-5-9-14)15-10-6-3-7-11-15/h2-11,17,19-20,22,24,29H,12H2,1H3/t17-,20?,22-,25?/m0/s1. The molecule has 188 valence electrons. The number of ether oxygens (including phenoxy) is 2. The van der Waals surface area contributed by atoms with Gasteiger partial charge in [-0.05, 0) is 11.1 Å². The summed E-state index contributed by atoms with van der Waals surface area (Å²) >= 11 is 20.7. The lowest BCUT2D eigenvalue weighted by Crippen LogP contribution is -2.80. The Morgan fingerprint density at radius 1 is 1.08 bits per heavy atom. The van der Waals surface area contributed by atoms with Crippen molar-refractivity contribution >= 4 is 64.4 Å². The maximum Gasteiger partial charge on any atom is 0.356 e. The number of halogens is 3. The first-order valence-corrected chi connectivity index (χ1v) is 13.3. The average molecular weight is 568 g/mol. The molecule has 0 saturated carbocycles. The molecular weight excluding hydrogens is 547 g/mol. The minimum atomic E-state index is -1.48. The van der Waals surface area contributed by atoms with Crippen LogP contribution in [0, 0.1) is 0 Å². The number of hydrogen-bond acceptors (Lipinski definition) is 7. The molecule has 0 aromatic heterocycles. The van der Waals surface area contributed by atoms with Crippen molar-refractivity contribution in [1.29, 1.82) is 0 Å². The van der Waals surface area contributed by atoms with Gasteiger partial charge in [0.2, 0.25) is 5.91 Å². The van der Waals surface area contributed by atoms with Gasteiger partial charge in [-0.25, -0.2) is 4.79 Å². The van der Waals surface area contributed by atoms with Crippen LogP contribution in [-0.4, -0.2) is 55.9 Å². The van der Waals surface area contributed by atoms with Crippen LogP contribution in [0.25, 0.3) is 0 Å². The number of thioether (sulfide) groups is 1. The molecule has 3 aliphatic rings. The molecule has 2 fully saturated rings. The second kappa shape index (κ2) is 9.91. The van der Waals surface area contributed by atoms with Gasteiger partial charge in [-0.15, -0.1) is 35.0 Å². The molecule has 4 atom stereocenters. The summed E-state index contributed by atoms with van der Waals surface area (Å²) in [6.07, 6.45) is -0.739. The van der Waals surface area contributed by atoms with Crippen LogP contribution in [0.15, 0.2) is 71.9 Å². The first kappa shape index (κ1) is 25.4. The van der Waals surface area contributed by atoms with Crippen molar-refractivity contribution < 1.29 is 23.9 Å². The van der Waals surface area contributed by atoms with Gasteiger partial charge in [0.05, 0.1) is 5.25 Å². The van der Waals surface area contributed by atoms with E-state index in [2.05, 4.69) is 5.32 Å². The lowest BCUT2D eigenvalue weighted by atomic mass is 9.93. The van der Waals surface area contributed by atoms with Crippen LogP contribution in [-0.2, 0) is 23.9 Å². The third kappa shape index (κ3) is 4.29. The SMILES string of the molecule is CC(=O)OCC1=C(C(=O)OC(c2ccccc2)c2ccccc2)N2C(=O)[C@@H]3NC(Cl)(C(Cl)Cl)C1S[C@@H]32. The highest BCUT2D eigenvalue weighted by molar-refractivity contribution is 8.01. The Balaban J connectivity index is 1.59. The number of nitrogens with zero attached hydrogens (tertiary/aromatic N) is 1. The monoisotopic (exact) mass is 566 g/mol. The molecule has 0 spiro atoms. The zero-order chi connectivity index (χ0) is 25.6. The van der Waals surface area contributed by atoms with Gasteiger partial charge in [-0.3, -0.25) is 19.8 Å². The maximum absolute atomic E-state index is 13.8. The van der Waals surface area contributed by atoms with E-state index in [1.54, 1.807) is 0 Å². The van der Waals surface area contributed by atoms with Gasteiger partial charge in [0.1, 0.15) is 33.6 Å². The number of amides is 1. The third-order valence-corrected chi connectivity index (χ3v) is 9.59. The summed E-state index contributed by atoms with van der Waals surface area (Å²) in [6.45, 7) is 0.971. The number of alkyl halides is 3. The molecule has 1 amide bonds. The van der Waals surface area contributed by atoms with Crippen molar-refractivity contribution in [1.82, 2.24) is 10.2 Å². The molecular formula is C25H21Cl3N2O5S. The molecule has 2 unspecified atom stereocenters. The Morgan fingerprint density at radius 2 is 1.67 bits per heavy atom. The number of carbonyl (C=O) groups excluding carboxylic acids is 3.